The van der Waals surface area contributed by atoms with E-state index in [1.54, 1.807) is 17.0 Å². The summed E-state index contributed by atoms with van der Waals surface area (Å²) in [5.41, 5.74) is 2.76. The normalized spacial score (nSPS) is 16.5. The molecule has 0 spiro atoms. The fraction of sp³-hybridized carbons (Fsp3) is 0.300. The maximum Gasteiger partial charge on any atom is 0.258 e. The van der Waals surface area contributed by atoms with Gasteiger partial charge in [-0.3, -0.25) is 9.59 Å². The summed E-state index contributed by atoms with van der Waals surface area (Å²) in [6.45, 7) is 5.69. The van der Waals surface area contributed by atoms with Gasteiger partial charge in [-0.15, -0.1) is 0 Å². The topological polar surface area (TPSA) is 61.4 Å². The van der Waals surface area contributed by atoms with Crippen LogP contribution in [0.1, 0.15) is 42.9 Å². The summed E-state index contributed by atoms with van der Waals surface area (Å²) >= 11 is 6.15. The number of fused-ring (bicyclic) bond motifs is 1. The molecular formula is C20H23BClN3O2. The molecule has 7 heteroatoms. The molecule has 2 amide bonds. The van der Waals surface area contributed by atoms with Crippen LogP contribution in [0.25, 0.3) is 0 Å². The number of hydrogen-bond donors (Lipinski definition) is 2. The van der Waals surface area contributed by atoms with Crippen molar-refractivity contribution in [2.75, 3.05) is 11.9 Å². The minimum absolute atomic E-state index is 0.0480. The molecule has 27 heavy (non-hydrogen) atoms. The van der Waals surface area contributed by atoms with Crippen molar-refractivity contribution in [3.05, 3.63) is 58.6 Å². The van der Waals surface area contributed by atoms with Crippen molar-refractivity contribution < 1.29 is 9.59 Å². The van der Waals surface area contributed by atoms with Crippen LogP contribution in [0.3, 0.4) is 0 Å². The molecule has 0 bridgehead atoms. The number of amides is 2. The monoisotopic (exact) mass is 383 g/mol. The van der Waals surface area contributed by atoms with Gasteiger partial charge in [-0.05, 0) is 44.5 Å². The van der Waals surface area contributed by atoms with Crippen molar-refractivity contribution in [2.45, 2.75) is 32.5 Å². The molecule has 0 radical (unpaired) electrons. The van der Waals surface area contributed by atoms with E-state index in [1.165, 1.54) is 0 Å². The Balaban J connectivity index is 1.99. The number of hydrogen-bond acceptors (Lipinski definition) is 3. The molecule has 1 unspecified atom stereocenters. The van der Waals surface area contributed by atoms with Crippen molar-refractivity contribution in [1.82, 2.24) is 10.2 Å². The van der Waals surface area contributed by atoms with Crippen LogP contribution in [0.15, 0.2) is 42.5 Å². The van der Waals surface area contributed by atoms with Gasteiger partial charge in [-0.2, -0.15) is 0 Å². The predicted octanol–water partition coefficient (Wildman–Crippen LogP) is 2.08. The Morgan fingerprint density at radius 1 is 1.26 bits per heavy atom. The van der Waals surface area contributed by atoms with Crippen LogP contribution < -0.4 is 16.1 Å². The molecule has 1 atom stereocenters. The third-order valence-electron chi connectivity index (χ3n) is 4.26. The highest BCUT2D eigenvalue weighted by atomic mass is 35.5. The lowest BCUT2D eigenvalue weighted by atomic mass is 9.92. The van der Waals surface area contributed by atoms with Gasteiger partial charge in [0.1, 0.15) is 20.6 Å². The molecule has 0 saturated heterocycles. The van der Waals surface area contributed by atoms with Gasteiger partial charge < -0.3 is 15.5 Å². The van der Waals surface area contributed by atoms with E-state index < -0.39 is 6.17 Å². The number of rotatable bonds is 3. The number of nitrogens with one attached hydrogen (secondary N) is 2. The van der Waals surface area contributed by atoms with E-state index in [0.717, 1.165) is 16.7 Å². The average molecular weight is 384 g/mol. The maximum atomic E-state index is 13.2. The van der Waals surface area contributed by atoms with Gasteiger partial charge in [0.15, 0.2) is 0 Å². The van der Waals surface area contributed by atoms with E-state index in [2.05, 4.69) is 10.6 Å². The average Bonchev–Trinajstić information content (AvgIpc) is 2.56. The first-order chi connectivity index (χ1) is 12.6. The molecule has 2 aromatic carbocycles. The molecule has 1 aliphatic rings. The Morgan fingerprint density at radius 3 is 2.67 bits per heavy atom. The largest absolute Gasteiger partial charge is 0.361 e. The summed E-state index contributed by atoms with van der Waals surface area (Å²) < 4.78 is 0. The first-order valence-corrected chi connectivity index (χ1v) is 9.26. The van der Waals surface area contributed by atoms with Crippen LogP contribution in [0.4, 0.5) is 5.69 Å². The molecule has 0 saturated carbocycles. The van der Waals surface area contributed by atoms with Crippen LogP contribution >= 0.6 is 11.6 Å². The van der Waals surface area contributed by atoms with Crippen LogP contribution in [0.2, 0.25) is 5.02 Å². The number of carbonyl (C=O) groups excluding carboxylic acids is 2. The van der Waals surface area contributed by atoms with Crippen LogP contribution in [-0.4, -0.2) is 36.6 Å². The first kappa shape index (κ1) is 19.3. The number of anilines is 1. The molecule has 0 aliphatic carbocycles. The lowest BCUT2D eigenvalue weighted by Gasteiger charge is -2.38. The molecule has 0 fully saturated rings. The van der Waals surface area contributed by atoms with Gasteiger partial charge in [-0.25, -0.2) is 0 Å². The van der Waals surface area contributed by atoms with E-state index in [1.807, 2.05) is 58.9 Å². The standard InChI is InChI=1S/C20H23BClN3O2/c1-20(2,3)24-17(26)11-25-18(12-5-4-6-14(22)9-12)23-16-8-7-13(21)10-15(16)19(25)27/h4-10,18,23H,11,21H2,1-3H3,(H,24,26). The van der Waals surface area contributed by atoms with Crippen molar-refractivity contribution in [2.24, 2.45) is 0 Å². The van der Waals surface area contributed by atoms with Crippen molar-refractivity contribution >= 4 is 42.4 Å². The zero-order valence-electron chi connectivity index (χ0n) is 16.0. The molecule has 1 aliphatic heterocycles. The lowest BCUT2D eigenvalue weighted by Crippen LogP contribution is -2.51. The van der Waals surface area contributed by atoms with Gasteiger partial charge in [0.2, 0.25) is 5.91 Å². The van der Waals surface area contributed by atoms with Crippen molar-refractivity contribution in [3.8, 4) is 0 Å². The summed E-state index contributed by atoms with van der Waals surface area (Å²) in [7, 11) is 1.94. The van der Waals surface area contributed by atoms with Crippen LogP contribution in [-0.2, 0) is 4.79 Å². The van der Waals surface area contributed by atoms with Gasteiger partial charge in [-0.1, -0.05) is 41.3 Å². The zero-order chi connectivity index (χ0) is 19.8. The van der Waals surface area contributed by atoms with Gasteiger partial charge in [0.05, 0.1) is 5.56 Å². The number of carbonyl (C=O) groups is 2. The summed E-state index contributed by atoms with van der Waals surface area (Å²) in [5, 5.41) is 6.88. The fourth-order valence-electron chi connectivity index (χ4n) is 3.17. The Bertz CT molecular complexity index is 895. The third-order valence-corrected chi connectivity index (χ3v) is 4.50. The highest BCUT2D eigenvalue weighted by Crippen LogP contribution is 2.33. The first-order valence-electron chi connectivity index (χ1n) is 8.89. The smallest absolute Gasteiger partial charge is 0.258 e. The van der Waals surface area contributed by atoms with Crippen molar-refractivity contribution in [1.29, 1.82) is 0 Å². The quantitative estimate of drug-likeness (QED) is 0.798. The number of nitrogens with zero attached hydrogens (tertiary/aromatic N) is 1. The van der Waals surface area contributed by atoms with Crippen LogP contribution in [0.5, 0.6) is 0 Å². The zero-order valence-corrected chi connectivity index (χ0v) is 16.7. The van der Waals surface area contributed by atoms with Gasteiger partial charge >= 0.3 is 0 Å². The number of halogens is 1. The molecular weight excluding hydrogens is 361 g/mol. The maximum absolute atomic E-state index is 13.2. The molecule has 140 valence electrons. The van der Waals surface area contributed by atoms with E-state index >= 15 is 0 Å². The molecule has 5 nitrogen and oxygen atoms in total. The van der Waals surface area contributed by atoms with E-state index in [9.17, 15) is 9.59 Å². The highest BCUT2D eigenvalue weighted by molar-refractivity contribution is 6.33. The molecule has 3 rings (SSSR count). The second-order valence-corrected chi connectivity index (χ2v) is 8.32. The fourth-order valence-corrected chi connectivity index (χ4v) is 3.37. The van der Waals surface area contributed by atoms with Crippen molar-refractivity contribution in [3.63, 3.8) is 0 Å². The lowest BCUT2D eigenvalue weighted by molar-refractivity contribution is -0.123. The minimum atomic E-state index is -0.475. The minimum Gasteiger partial charge on any atom is -0.361 e. The van der Waals surface area contributed by atoms with E-state index in [4.69, 9.17) is 11.6 Å². The van der Waals surface area contributed by atoms with Gasteiger partial charge in [0.25, 0.3) is 5.91 Å². The Labute approximate surface area is 165 Å². The summed E-state index contributed by atoms with van der Waals surface area (Å²) in [6, 6.07) is 13.0. The molecule has 0 aromatic heterocycles. The molecule has 2 aromatic rings. The third kappa shape index (κ3) is 4.45. The second-order valence-electron chi connectivity index (χ2n) is 7.88. The SMILES string of the molecule is Bc1ccc2c(c1)C(=O)N(CC(=O)NC(C)(C)C)C(c1cccc(Cl)c1)N2. The Morgan fingerprint density at radius 2 is 2.00 bits per heavy atom. The molecule has 2 N–H and O–H groups in total. The predicted molar refractivity (Wildman–Crippen MR) is 111 cm³/mol. The summed E-state index contributed by atoms with van der Waals surface area (Å²) in [5.74, 6) is -0.387. The van der Waals surface area contributed by atoms with Gasteiger partial charge in [0, 0.05) is 16.2 Å². The van der Waals surface area contributed by atoms with E-state index in [-0.39, 0.29) is 23.9 Å². The van der Waals surface area contributed by atoms with Crippen LogP contribution in [0, 0.1) is 0 Å². The summed E-state index contributed by atoms with van der Waals surface area (Å²) in [4.78, 5) is 27.3. The Kier molecular flexibility index (Phi) is 5.20. The molecule has 1 heterocycles. The number of benzene rings is 2. The highest BCUT2D eigenvalue weighted by Gasteiger charge is 2.34. The summed E-state index contributed by atoms with van der Waals surface area (Å²) in [6.07, 6.45) is -0.475. The van der Waals surface area contributed by atoms with E-state index in [0.29, 0.717) is 10.6 Å². The Hall–Kier alpha value is -2.47. The second kappa shape index (κ2) is 7.27.